The van der Waals surface area contributed by atoms with E-state index in [4.69, 9.17) is 0 Å². The topological polar surface area (TPSA) is 43.8 Å². The highest BCUT2D eigenvalue weighted by molar-refractivity contribution is 5.86. The number of carbonyl (C=O) groups excluding carboxylic acids is 1. The van der Waals surface area contributed by atoms with Gasteiger partial charge in [-0.3, -0.25) is 9.69 Å². The number of aryl methyl sites for hydroxylation is 1. The van der Waals surface area contributed by atoms with Crippen molar-refractivity contribution in [1.82, 2.24) is 9.80 Å². The lowest BCUT2D eigenvalue weighted by Crippen LogP contribution is -2.59. The number of hydrogen-bond donors (Lipinski definition) is 1. The second kappa shape index (κ2) is 7.24. The maximum Gasteiger partial charge on any atom is 0.256 e. The van der Waals surface area contributed by atoms with Crippen LogP contribution in [0.3, 0.4) is 0 Å². The molecule has 0 aromatic heterocycles. The first kappa shape index (κ1) is 17.4. The number of likely N-dealkylation sites (tertiary alicyclic amines) is 2. The van der Waals surface area contributed by atoms with E-state index in [1.807, 2.05) is 11.0 Å². The van der Waals surface area contributed by atoms with Crippen molar-refractivity contribution >= 4 is 5.91 Å². The molecule has 1 aromatic rings. The number of β-amino-alcohol motifs (C(OH)–C–C–N with tert-alkyl or cyclic N) is 1. The Labute approximate surface area is 145 Å². The predicted octanol–water partition coefficient (Wildman–Crippen LogP) is 2.58. The lowest BCUT2D eigenvalue weighted by Gasteiger charge is -2.42. The molecule has 1 aromatic carbocycles. The van der Waals surface area contributed by atoms with Gasteiger partial charge in [-0.2, -0.15) is 0 Å². The molecule has 2 aliphatic heterocycles. The monoisotopic (exact) mass is 330 g/mol. The largest absolute Gasteiger partial charge is 0.379 e. The van der Waals surface area contributed by atoms with Crippen molar-refractivity contribution in [3.63, 3.8) is 0 Å². The molecule has 2 aliphatic rings. The van der Waals surface area contributed by atoms with E-state index in [2.05, 4.69) is 36.9 Å². The number of rotatable bonds is 4. The average Bonchev–Trinajstić information content (AvgIpc) is 2.54. The zero-order valence-electron chi connectivity index (χ0n) is 15.0. The molecule has 4 nitrogen and oxygen atoms in total. The summed E-state index contributed by atoms with van der Waals surface area (Å²) in [6.07, 6.45) is 3.79. The number of nitrogens with zero attached hydrogens (tertiary/aromatic N) is 2. The average molecular weight is 330 g/mol. The maximum absolute atomic E-state index is 12.9. The summed E-state index contributed by atoms with van der Waals surface area (Å²) in [7, 11) is 0. The molecule has 0 radical (unpaired) electrons. The van der Waals surface area contributed by atoms with Gasteiger partial charge in [-0.05, 0) is 57.2 Å². The molecule has 24 heavy (non-hydrogen) atoms. The fourth-order valence-corrected chi connectivity index (χ4v) is 3.98. The van der Waals surface area contributed by atoms with Gasteiger partial charge in [-0.1, -0.05) is 36.8 Å². The van der Waals surface area contributed by atoms with Crippen LogP contribution in [0.4, 0.5) is 0 Å². The molecule has 1 amide bonds. The highest BCUT2D eigenvalue weighted by Crippen LogP contribution is 2.27. The molecule has 1 atom stereocenters. The van der Waals surface area contributed by atoms with Crippen molar-refractivity contribution in [2.75, 3.05) is 26.2 Å². The number of aliphatic hydroxyl groups is 1. The summed E-state index contributed by atoms with van der Waals surface area (Å²) in [6, 6.07) is 8.27. The quantitative estimate of drug-likeness (QED) is 0.923. The second-order valence-corrected chi connectivity index (χ2v) is 7.81. The Hall–Kier alpha value is -1.39. The second-order valence-electron chi connectivity index (χ2n) is 7.81. The van der Waals surface area contributed by atoms with Crippen LogP contribution in [0, 0.1) is 12.8 Å². The predicted molar refractivity (Wildman–Crippen MR) is 95.6 cm³/mol. The van der Waals surface area contributed by atoms with E-state index < -0.39 is 5.60 Å². The summed E-state index contributed by atoms with van der Waals surface area (Å²) in [5.41, 5.74) is 1.14. The molecule has 132 valence electrons. The highest BCUT2D eigenvalue weighted by Gasteiger charge is 2.43. The minimum absolute atomic E-state index is 0.0890. The van der Waals surface area contributed by atoms with Crippen molar-refractivity contribution in [2.24, 2.45) is 5.92 Å². The van der Waals surface area contributed by atoms with E-state index in [0.29, 0.717) is 19.5 Å². The molecule has 0 aliphatic carbocycles. The summed E-state index contributed by atoms with van der Waals surface area (Å²) in [4.78, 5) is 17.0. The van der Waals surface area contributed by atoms with Gasteiger partial charge in [-0.25, -0.2) is 0 Å². The van der Waals surface area contributed by atoms with Crippen LogP contribution in [0.2, 0.25) is 0 Å². The molecule has 2 fully saturated rings. The van der Waals surface area contributed by atoms with Gasteiger partial charge in [0, 0.05) is 19.6 Å². The van der Waals surface area contributed by atoms with Crippen molar-refractivity contribution in [2.45, 2.75) is 51.7 Å². The smallest absolute Gasteiger partial charge is 0.256 e. The van der Waals surface area contributed by atoms with Crippen LogP contribution in [-0.2, 0) is 11.3 Å². The fraction of sp³-hybridized carbons (Fsp3) is 0.650. The first-order chi connectivity index (χ1) is 11.5. The Kier molecular flexibility index (Phi) is 5.26. The molecular formula is C20H30N2O2. The molecule has 0 unspecified atom stereocenters. The Morgan fingerprint density at radius 1 is 1.25 bits per heavy atom. The van der Waals surface area contributed by atoms with Crippen molar-refractivity contribution < 1.29 is 9.90 Å². The van der Waals surface area contributed by atoms with Crippen LogP contribution < -0.4 is 0 Å². The summed E-state index contributed by atoms with van der Waals surface area (Å²) < 4.78 is 0. The molecule has 0 saturated carbocycles. The molecular weight excluding hydrogens is 300 g/mol. The van der Waals surface area contributed by atoms with Gasteiger partial charge < -0.3 is 10.0 Å². The lowest BCUT2D eigenvalue weighted by molar-refractivity contribution is -0.160. The van der Waals surface area contributed by atoms with E-state index in [9.17, 15) is 9.90 Å². The Morgan fingerprint density at radius 2 is 2.00 bits per heavy atom. The van der Waals surface area contributed by atoms with Crippen molar-refractivity contribution in [1.29, 1.82) is 0 Å². The van der Waals surface area contributed by atoms with E-state index in [0.717, 1.165) is 50.4 Å². The summed E-state index contributed by atoms with van der Waals surface area (Å²) >= 11 is 0. The zero-order chi connectivity index (χ0) is 17.2. The van der Waals surface area contributed by atoms with Gasteiger partial charge >= 0.3 is 0 Å². The number of piperidine rings is 2. The molecule has 3 rings (SSSR count). The summed E-state index contributed by atoms with van der Waals surface area (Å²) in [5.74, 6) is 0.671. The SMILES string of the molecule is Cc1cccc(CN2CCC[C@](O)(CN3CCC(C)CC3)C2=O)c1. The Morgan fingerprint density at radius 3 is 2.71 bits per heavy atom. The molecule has 2 heterocycles. The number of benzene rings is 1. The van der Waals surface area contributed by atoms with E-state index in [-0.39, 0.29) is 5.91 Å². The van der Waals surface area contributed by atoms with E-state index in [1.165, 1.54) is 5.56 Å². The van der Waals surface area contributed by atoms with Crippen LogP contribution in [0.5, 0.6) is 0 Å². The number of amides is 1. The molecule has 2 saturated heterocycles. The number of hydrogen-bond acceptors (Lipinski definition) is 3. The van der Waals surface area contributed by atoms with Crippen LogP contribution >= 0.6 is 0 Å². The number of carbonyl (C=O) groups is 1. The van der Waals surface area contributed by atoms with Crippen LogP contribution in [0.15, 0.2) is 24.3 Å². The Balaban J connectivity index is 1.65. The molecule has 0 spiro atoms. The third kappa shape index (κ3) is 3.98. The lowest BCUT2D eigenvalue weighted by atomic mass is 9.89. The standard InChI is InChI=1S/C20H30N2O2/c1-16-7-11-21(12-8-16)15-20(24)9-4-10-22(19(20)23)14-18-6-3-5-17(2)13-18/h3,5-6,13,16,24H,4,7-12,14-15H2,1-2H3/t20-/m0/s1. The van der Waals surface area contributed by atoms with Gasteiger partial charge in [-0.15, -0.1) is 0 Å². The first-order valence-electron chi connectivity index (χ1n) is 9.26. The minimum Gasteiger partial charge on any atom is -0.379 e. The summed E-state index contributed by atoms with van der Waals surface area (Å²) in [5, 5.41) is 11.0. The third-order valence-corrected chi connectivity index (χ3v) is 5.52. The Bertz CT molecular complexity index is 581. The highest BCUT2D eigenvalue weighted by atomic mass is 16.3. The van der Waals surface area contributed by atoms with E-state index >= 15 is 0 Å². The minimum atomic E-state index is -1.21. The van der Waals surface area contributed by atoms with Crippen LogP contribution in [-0.4, -0.2) is 52.6 Å². The zero-order valence-corrected chi connectivity index (χ0v) is 15.0. The molecule has 1 N–H and O–H groups in total. The van der Waals surface area contributed by atoms with Crippen LogP contribution in [0.1, 0.15) is 43.7 Å². The maximum atomic E-state index is 12.9. The van der Waals surface area contributed by atoms with Gasteiger partial charge in [0.25, 0.3) is 5.91 Å². The van der Waals surface area contributed by atoms with Gasteiger partial charge in [0.1, 0.15) is 0 Å². The van der Waals surface area contributed by atoms with E-state index in [1.54, 1.807) is 0 Å². The molecule has 0 bridgehead atoms. The van der Waals surface area contributed by atoms with Gasteiger partial charge in [0.05, 0.1) is 0 Å². The normalized spacial score (nSPS) is 26.8. The van der Waals surface area contributed by atoms with Crippen molar-refractivity contribution in [3.8, 4) is 0 Å². The van der Waals surface area contributed by atoms with Gasteiger partial charge in [0.15, 0.2) is 5.60 Å². The third-order valence-electron chi connectivity index (χ3n) is 5.52. The first-order valence-corrected chi connectivity index (χ1v) is 9.26. The van der Waals surface area contributed by atoms with Gasteiger partial charge in [0.2, 0.25) is 0 Å². The summed E-state index contributed by atoms with van der Waals surface area (Å²) in [6.45, 7) is 8.16. The van der Waals surface area contributed by atoms with Crippen LogP contribution in [0.25, 0.3) is 0 Å². The molecule has 4 heteroatoms. The van der Waals surface area contributed by atoms with Crippen molar-refractivity contribution in [3.05, 3.63) is 35.4 Å². The fourth-order valence-electron chi connectivity index (χ4n) is 3.98.